The van der Waals surface area contributed by atoms with E-state index < -0.39 is 29.0 Å². The third-order valence-corrected chi connectivity index (χ3v) is 2.58. The van der Waals surface area contributed by atoms with Crippen LogP contribution in [0, 0.1) is 24.4 Å². The second-order valence-electron chi connectivity index (χ2n) is 4.13. The second-order valence-corrected chi connectivity index (χ2v) is 4.13. The van der Waals surface area contributed by atoms with Crippen molar-refractivity contribution in [2.75, 3.05) is 5.32 Å². The Bertz CT molecular complexity index is 641. The van der Waals surface area contributed by atoms with Crippen LogP contribution in [-0.2, 0) is 11.2 Å². The van der Waals surface area contributed by atoms with Gasteiger partial charge in [0.2, 0.25) is 5.91 Å². The van der Waals surface area contributed by atoms with Gasteiger partial charge in [0.1, 0.15) is 6.26 Å². The summed E-state index contributed by atoms with van der Waals surface area (Å²) in [5, 5.41) is 2.18. The summed E-state index contributed by atoms with van der Waals surface area (Å²) in [5.41, 5.74) is 0.189. The maximum Gasteiger partial charge on any atom is 0.224 e. The first-order chi connectivity index (χ1) is 9.47. The van der Waals surface area contributed by atoms with Crippen LogP contribution in [0.2, 0.25) is 0 Å². The smallest absolute Gasteiger partial charge is 0.224 e. The third-order valence-electron chi connectivity index (χ3n) is 2.58. The summed E-state index contributed by atoms with van der Waals surface area (Å²) in [4.78, 5) is 15.6. The van der Waals surface area contributed by atoms with Crippen LogP contribution < -0.4 is 5.32 Å². The summed E-state index contributed by atoms with van der Waals surface area (Å²) in [5.74, 6) is -4.40. The Hall–Kier alpha value is -2.31. The molecular weight excluding hydrogens is 273 g/mol. The van der Waals surface area contributed by atoms with Gasteiger partial charge < -0.3 is 9.73 Å². The van der Waals surface area contributed by atoms with E-state index in [2.05, 4.69) is 10.3 Å². The largest absolute Gasteiger partial charge is 0.449 e. The van der Waals surface area contributed by atoms with E-state index in [1.807, 2.05) is 0 Å². The minimum atomic E-state index is -1.62. The molecule has 2 rings (SSSR count). The Morgan fingerprint density at radius 3 is 2.70 bits per heavy atom. The van der Waals surface area contributed by atoms with Crippen molar-refractivity contribution in [1.82, 2.24) is 4.98 Å². The van der Waals surface area contributed by atoms with Crippen molar-refractivity contribution >= 4 is 11.6 Å². The number of hydrogen-bond acceptors (Lipinski definition) is 3. The highest BCUT2D eigenvalue weighted by molar-refractivity contribution is 5.90. The van der Waals surface area contributed by atoms with Gasteiger partial charge in [0.15, 0.2) is 23.3 Å². The van der Waals surface area contributed by atoms with Gasteiger partial charge in [0.05, 0.1) is 11.4 Å². The molecule has 0 aliphatic heterocycles. The molecule has 4 nitrogen and oxygen atoms in total. The Balaban J connectivity index is 1.96. The number of oxazole rings is 1. The van der Waals surface area contributed by atoms with Crippen LogP contribution in [0.3, 0.4) is 0 Å². The van der Waals surface area contributed by atoms with E-state index in [1.165, 1.54) is 6.26 Å². The van der Waals surface area contributed by atoms with Crippen LogP contribution in [0.1, 0.15) is 18.0 Å². The lowest BCUT2D eigenvalue weighted by Gasteiger charge is -2.06. The fraction of sp³-hybridized carbons (Fsp3) is 0.231. The number of aryl methyl sites for hydroxylation is 2. The van der Waals surface area contributed by atoms with Crippen molar-refractivity contribution in [3.05, 3.63) is 47.4 Å². The summed E-state index contributed by atoms with van der Waals surface area (Å²) < 4.78 is 44.0. The van der Waals surface area contributed by atoms with Crippen LogP contribution in [0.25, 0.3) is 0 Å². The van der Waals surface area contributed by atoms with Gasteiger partial charge in [-0.25, -0.2) is 18.2 Å². The first-order valence-electron chi connectivity index (χ1n) is 5.81. The molecule has 0 unspecified atom stereocenters. The molecule has 1 aromatic heterocycles. The van der Waals surface area contributed by atoms with E-state index in [0.29, 0.717) is 18.0 Å². The molecule has 7 heteroatoms. The zero-order valence-electron chi connectivity index (χ0n) is 10.5. The van der Waals surface area contributed by atoms with Crippen LogP contribution in [-0.4, -0.2) is 10.9 Å². The Morgan fingerprint density at radius 1 is 1.30 bits per heavy atom. The summed E-state index contributed by atoms with van der Waals surface area (Å²) in [6.45, 7) is 1.67. The molecule has 0 aliphatic carbocycles. The fourth-order valence-electron chi connectivity index (χ4n) is 1.60. The summed E-state index contributed by atoms with van der Waals surface area (Å²) in [7, 11) is 0. The quantitative estimate of drug-likeness (QED) is 0.878. The average Bonchev–Trinajstić information content (AvgIpc) is 2.83. The minimum Gasteiger partial charge on any atom is -0.449 e. The SMILES string of the molecule is Cc1nc(CCC(=O)Nc2ccc(F)c(F)c2F)co1. The van der Waals surface area contributed by atoms with Gasteiger partial charge in [0, 0.05) is 19.8 Å². The van der Waals surface area contributed by atoms with Gasteiger partial charge in [-0.2, -0.15) is 0 Å². The van der Waals surface area contributed by atoms with E-state index in [9.17, 15) is 18.0 Å². The monoisotopic (exact) mass is 284 g/mol. The fourth-order valence-corrected chi connectivity index (χ4v) is 1.60. The number of nitrogens with one attached hydrogen (secondary N) is 1. The number of hydrogen-bond donors (Lipinski definition) is 1. The van der Waals surface area contributed by atoms with Crippen molar-refractivity contribution in [2.24, 2.45) is 0 Å². The number of halogens is 3. The topological polar surface area (TPSA) is 55.1 Å². The molecule has 0 spiro atoms. The highest BCUT2D eigenvalue weighted by Gasteiger charge is 2.15. The highest BCUT2D eigenvalue weighted by atomic mass is 19.2. The molecule has 0 saturated heterocycles. The van der Waals surface area contributed by atoms with Gasteiger partial charge >= 0.3 is 0 Å². The van der Waals surface area contributed by atoms with Crippen LogP contribution in [0.4, 0.5) is 18.9 Å². The maximum atomic E-state index is 13.3. The predicted octanol–water partition coefficient (Wildman–Crippen LogP) is 2.97. The molecule has 0 bridgehead atoms. The van der Waals surface area contributed by atoms with Crippen molar-refractivity contribution in [3.63, 3.8) is 0 Å². The van der Waals surface area contributed by atoms with Crippen molar-refractivity contribution in [3.8, 4) is 0 Å². The summed E-state index contributed by atoms with van der Waals surface area (Å²) in [6, 6.07) is 1.71. The molecule has 1 amide bonds. The molecule has 1 aromatic carbocycles. The van der Waals surface area contributed by atoms with Crippen LogP contribution in [0.15, 0.2) is 22.8 Å². The second kappa shape index (κ2) is 5.77. The molecule has 0 fully saturated rings. The predicted molar refractivity (Wildman–Crippen MR) is 64.5 cm³/mol. The number of aromatic nitrogens is 1. The molecule has 1 N–H and O–H groups in total. The normalized spacial score (nSPS) is 10.6. The van der Waals surface area contributed by atoms with Gasteiger partial charge in [-0.3, -0.25) is 4.79 Å². The van der Waals surface area contributed by atoms with E-state index >= 15 is 0 Å². The number of nitrogens with zero attached hydrogens (tertiary/aromatic N) is 1. The lowest BCUT2D eigenvalue weighted by Crippen LogP contribution is -2.14. The number of rotatable bonds is 4. The van der Waals surface area contributed by atoms with E-state index in [-0.39, 0.29) is 6.42 Å². The van der Waals surface area contributed by atoms with Crippen molar-refractivity contribution in [2.45, 2.75) is 19.8 Å². The molecule has 2 aromatic rings. The van der Waals surface area contributed by atoms with Crippen LogP contribution >= 0.6 is 0 Å². The Labute approximate surface area is 112 Å². The molecule has 0 aliphatic rings. The van der Waals surface area contributed by atoms with Gasteiger partial charge in [0.25, 0.3) is 0 Å². The maximum absolute atomic E-state index is 13.3. The number of carbonyl (C=O) groups is 1. The Morgan fingerprint density at radius 2 is 2.05 bits per heavy atom. The lowest BCUT2D eigenvalue weighted by molar-refractivity contribution is -0.116. The van der Waals surface area contributed by atoms with E-state index in [1.54, 1.807) is 6.92 Å². The van der Waals surface area contributed by atoms with E-state index in [4.69, 9.17) is 4.42 Å². The number of anilines is 1. The first-order valence-corrected chi connectivity index (χ1v) is 5.81. The molecule has 0 radical (unpaired) electrons. The first kappa shape index (κ1) is 14.1. The number of amides is 1. The number of carbonyl (C=O) groups excluding carboxylic acids is 1. The standard InChI is InChI=1S/C13H11F3N2O2/c1-7-17-8(6-20-7)2-5-11(19)18-10-4-3-9(14)12(15)13(10)16/h3-4,6H,2,5H2,1H3,(H,18,19). The van der Waals surface area contributed by atoms with E-state index in [0.717, 1.165) is 12.1 Å². The lowest BCUT2D eigenvalue weighted by atomic mass is 10.2. The number of benzene rings is 1. The molecule has 106 valence electrons. The van der Waals surface area contributed by atoms with Crippen molar-refractivity contribution in [1.29, 1.82) is 0 Å². The Kier molecular flexibility index (Phi) is 4.07. The molecule has 0 atom stereocenters. The molecule has 1 heterocycles. The summed E-state index contributed by atoms with van der Waals surface area (Å²) in [6.07, 6.45) is 1.74. The third kappa shape index (κ3) is 3.17. The molecular formula is C13H11F3N2O2. The van der Waals surface area contributed by atoms with Gasteiger partial charge in [-0.05, 0) is 12.1 Å². The molecule has 0 saturated carbocycles. The van der Waals surface area contributed by atoms with Crippen molar-refractivity contribution < 1.29 is 22.4 Å². The highest BCUT2D eigenvalue weighted by Crippen LogP contribution is 2.19. The summed E-state index contributed by atoms with van der Waals surface area (Å²) >= 11 is 0. The molecule has 20 heavy (non-hydrogen) atoms. The van der Waals surface area contributed by atoms with Gasteiger partial charge in [-0.15, -0.1) is 0 Å². The van der Waals surface area contributed by atoms with Crippen LogP contribution in [0.5, 0.6) is 0 Å². The minimum absolute atomic E-state index is 0.0183. The zero-order chi connectivity index (χ0) is 14.7. The zero-order valence-corrected chi connectivity index (χ0v) is 10.5. The van der Waals surface area contributed by atoms with Gasteiger partial charge in [-0.1, -0.05) is 0 Å². The average molecular weight is 284 g/mol.